The van der Waals surface area contributed by atoms with Crippen LogP contribution in [0.5, 0.6) is 0 Å². The largest absolute Gasteiger partial charge is 0.356 e. The predicted octanol–water partition coefficient (Wildman–Crippen LogP) is 4.12. The Labute approximate surface area is 111 Å². The summed E-state index contributed by atoms with van der Waals surface area (Å²) >= 11 is 5.71. The van der Waals surface area contributed by atoms with Crippen molar-refractivity contribution in [3.63, 3.8) is 0 Å². The van der Waals surface area contributed by atoms with E-state index in [0.29, 0.717) is 18.2 Å². The van der Waals surface area contributed by atoms with Crippen molar-refractivity contribution >= 4 is 17.5 Å². The van der Waals surface area contributed by atoms with E-state index in [1.807, 2.05) is 0 Å². The second-order valence-electron chi connectivity index (χ2n) is 4.72. The van der Waals surface area contributed by atoms with Crippen LogP contribution < -0.4 is 5.32 Å². The molecule has 1 unspecified atom stereocenters. The van der Waals surface area contributed by atoms with Gasteiger partial charge in [0.25, 0.3) is 0 Å². The molecule has 102 valence electrons. The number of hydrogen-bond acceptors (Lipinski definition) is 1. The second-order valence-corrected chi connectivity index (χ2v) is 5.10. The van der Waals surface area contributed by atoms with Crippen molar-refractivity contribution in [1.82, 2.24) is 5.32 Å². The van der Waals surface area contributed by atoms with Gasteiger partial charge in [0.15, 0.2) is 0 Å². The summed E-state index contributed by atoms with van der Waals surface area (Å²) in [5.41, 5.74) is 0. The highest BCUT2D eigenvalue weighted by Crippen LogP contribution is 2.08. The van der Waals surface area contributed by atoms with Crippen LogP contribution in [0.3, 0.4) is 0 Å². The SMILES string of the molecule is CCCCCCCC(=O)NCC(CC)CCCl. The maximum atomic E-state index is 11.6. The van der Waals surface area contributed by atoms with Crippen molar-refractivity contribution in [2.45, 2.75) is 65.2 Å². The van der Waals surface area contributed by atoms with Crippen LogP contribution >= 0.6 is 11.6 Å². The summed E-state index contributed by atoms with van der Waals surface area (Å²) in [6.07, 6.45) is 8.77. The lowest BCUT2D eigenvalue weighted by Crippen LogP contribution is -2.29. The number of unbranched alkanes of at least 4 members (excludes halogenated alkanes) is 4. The lowest BCUT2D eigenvalue weighted by Gasteiger charge is -2.14. The van der Waals surface area contributed by atoms with Crippen LogP contribution in [0.25, 0.3) is 0 Å². The molecule has 0 heterocycles. The molecule has 2 nitrogen and oxygen atoms in total. The monoisotopic (exact) mass is 261 g/mol. The summed E-state index contributed by atoms with van der Waals surface area (Å²) in [4.78, 5) is 11.6. The predicted molar refractivity (Wildman–Crippen MR) is 75.5 cm³/mol. The smallest absolute Gasteiger partial charge is 0.220 e. The molecule has 1 amide bonds. The quantitative estimate of drug-likeness (QED) is 0.440. The first kappa shape index (κ1) is 16.8. The molecule has 0 aromatic carbocycles. The molecule has 0 saturated carbocycles. The fraction of sp³-hybridized carbons (Fsp3) is 0.929. The zero-order valence-electron chi connectivity index (χ0n) is 11.4. The molecule has 0 bridgehead atoms. The minimum absolute atomic E-state index is 0.203. The summed E-state index contributed by atoms with van der Waals surface area (Å²) in [6.45, 7) is 5.14. The fourth-order valence-electron chi connectivity index (χ4n) is 1.84. The van der Waals surface area contributed by atoms with Crippen LogP contribution in [0.4, 0.5) is 0 Å². The number of carbonyl (C=O) groups is 1. The van der Waals surface area contributed by atoms with E-state index in [0.717, 1.165) is 25.8 Å². The van der Waals surface area contributed by atoms with Gasteiger partial charge < -0.3 is 5.32 Å². The maximum absolute atomic E-state index is 11.6. The number of rotatable bonds is 11. The molecule has 1 N–H and O–H groups in total. The summed E-state index contributed by atoms with van der Waals surface area (Å²) < 4.78 is 0. The van der Waals surface area contributed by atoms with Gasteiger partial charge in [0, 0.05) is 18.8 Å². The van der Waals surface area contributed by atoms with Crippen molar-refractivity contribution in [3.05, 3.63) is 0 Å². The molecule has 17 heavy (non-hydrogen) atoms. The summed E-state index contributed by atoms with van der Waals surface area (Å²) in [7, 11) is 0. The highest BCUT2D eigenvalue weighted by Gasteiger charge is 2.07. The third kappa shape index (κ3) is 10.6. The van der Waals surface area contributed by atoms with Crippen molar-refractivity contribution < 1.29 is 4.79 Å². The molecule has 1 atom stereocenters. The molecule has 0 aliphatic rings. The van der Waals surface area contributed by atoms with Crippen molar-refractivity contribution in [2.75, 3.05) is 12.4 Å². The number of alkyl halides is 1. The first-order valence-electron chi connectivity index (χ1n) is 7.07. The topological polar surface area (TPSA) is 29.1 Å². The highest BCUT2D eigenvalue weighted by atomic mass is 35.5. The number of hydrogen-bond donors (Lipinski definition) is 1. The molecule has 0 spiro atoms. The van der Waals surface area contributed by atoms with Crippen LogP contribution in [0.2, 0.25) is 0 Å². The van der Waals surface area contributed by atoms with E-state index in [-0.39, 0.29) is 5.91 Å². The van der Waals surface area contributed by atoms with Gasteiger partial charge in [0.1, 0.15) is 0 Å². The normalized spacial score (nSPS) is 12.4. The van der Waals surface area contributed by atoms with Gasteiger partial charge in [0.2, 0.25) is 5.91 Å². The van der Waals surface area contributed by atoms with Crippen LogP contribution in [0.1, 0.15) is 65.2 Å². The lowest BCUT2D eigenvalue weighted by atomic mass is 10.0. The first-order chi connectivity index (χ1) is 8.24. The zero-order chi connectivity index (χ0) is 12.9. The molecular formula is C14H28ClNO. The van der Waals surface area contributed by atoms with Crippen LogP contribution in [-0.4, -0.2) is 18.3 Å². The van der Waals surface area contributed by atoms with Crippen molar-refractivity contribution in [3.8, 4) is 0 Å². The Balaban J connectivity index is 3.44. The van der Waals surface area contributed by atoms with E-state index in [9.17, 15) is 4.79 Å². The van der Waals surface area contributed by atoms with Gasteiger partial charge in [-0.1, -0.05) is 46.0 Å². The molecule has 0 aromatic rings. The van der Waals surface area contributed by atoms with Crippen LogP contribution in [0.15, 0.2) is 0 Å². The Hall–Kier alpha value is -0.240. The van der Waals surface area contributed by atoms with E-state index in [1.165, 1.54) is 25.7 Å². The lowest BCUT2D eigenvalue weighted by molar-refractivity contribution is -0.121. The van der Waals surface area contributed by atoms with Crippen molar-refractivity contribution in [1.29, 1.82) is 0 Å². The molecule has 0 rings (SSSR count). The van der Waals surface area contributed by atoms with Gasteiger partial charge in [-0.2, -0.15) is 0 Å². The average molecular weight is 262 g/mol. The Kier molecular flexibility index (Phi) is 12.1. The standard InChI is InChI=1S/C14H28ClNO/c1-3-5-6-7-8-9-14(17)16-12-13(4-2)10-11-15/h13H,3-12H2,1-2H3,(H,16,17). The molecule has 0 aliphatic carbocycles. The Morgan fingerprint density at radius 1 is 1.18 bits per heavy atom. The van der Waals surface area contributed by atoms with E-state index in [1.54, 1.807) is 0 Å². The van der Waals surface area contributed by atoms with Gasteiger partial charge in [0.05, 0.1) is 0 Å². The van der Waals surface area contributed by atoms with Gasteiger partial charge in [-0.15, -0.1) is 11.6 Å². The van der Waals surface area contributed by atoms with Gasteiger partial charge in [-0.05, 0) is 18.8 Å². The average Bonchev–Trinajstić information content (AvgIpc) is 2.34. The van der Waals surface area contributed by atoms with Crippen molar-refractivity contribution in [2.24, 2.45) is 5.92 Å². The molecule has 0 aromatic heterocycles. The van der Waals surface area contributed by atoms with E-state index in [4.69, 9.17) is 11.6 Å². The minimum atomic E-state index is 0.203. The molecule has 0 fully saturated rings. The van der Waals surface area contributed by atoms with Gasteiger partial charge >= 0.3 is 0 Å². The molecule has 0 aliphatic heterocycles. The molecule has 0 radical (unpaired) electrons. The minimum Gasteiger partial charge on any atom is -0.356 e. The van der Waals surface area contributed by atoms with E-state index < -0.39 is 0 Å². The van der Waals surface area contributed by atoms with Gasteiger partial charge in [-0.3, -0.25) is 4.79 Å². The highest BCUT2D eigenvalue weighted by molar-refractivity contribution is 6.17. The van der Waals surface area contributed by atoms with Crippen LogP contribution in [-0.2, 0) is 4.79 Å². The molecule has 0 saturated heterocycles. The number of carbonyl (C=O) groups excluding carboxylic acids is 1. The summed E-state index contributed by atoms with van der Waals surface area (Å²) in [6, 6.07) is 0. The van der Waals surface area contributed by atoms with E-state index >= 15 is 0 Å². The zero-order valence-corrected chi connectivity index (χ0v) is 12.2. The Bertz CT molecular complexity index is 185. The van der Waals surface area contributed by atoms with Gasteiger partial charge in [-0.25, -0.2) is 0 Å². The Morgan fingerprint density at radius 2 is 1.88 bits per heavy atom. The first-order valence-corrected chi connectivity index (χ1v) is 7.60. The third-order valence-electron chi connectivity index (χ3n) is 3.19. The number of amides is 1. The number of halogens is 1. The summed E-state index contributed by atoms with van der Waals surface area (Å²) in [5.74, 6) is 1.43. The second kappa shape index (κ2) is 12.2. The molecular weight excluding hydrogens is 234 g/mol. The van der Waals surface area contributed by atoms with Crippen LogP contribution in [0, 0.1) is 5.92 Å². The molecule has 3 heteroatoms. The summed E-state index contributed by atoms with van der Waals surface area (Å²) in [5, 5.41) is 3.01. The van der Waals surface area contributed by atoms with E-state index in [2.05, 4.69) is 19.2 Å². The third-order valence-corrected chi connectivity index (χ3v) is 3.41. The Morgan fingerprint density at radius 3 is 2.47 bits per heavy atom. The fourth-order valence-corrected chi connectivity index (χ4v) is 2.15. The maximum Gasteiger partial charge on any atom is 0.220 e. The number of nitrogens with one attached hydrogen (secondary N) is 1.